The number of carboxylic acids is 1. The second-order valence-electron chi connectivity index (χ2n) is 4.70. The summed E-state index contributed by atoms with van der Waals surface area (Å²) in [5.74, 6) is -0.852. The molecule has 1 aromatic carbocycles. The molecule has 0 unspecified atom stereocenters. The van der Waals surface area contributed by atoms with E-state index in [9.17, 15) is 4.79 Å². The summed E-state index contributed by atoms with van der Waals surface area (Å²) >= 11 is 0. The zero-order valence-electron chi connectivity index (χ0n) is 10.6. The van der Waals surface area contributed by atoms with Gasteiger partial charge in [-0.25, -0.2) is 0 Å². The highest BCUT2D eigenvalue weighted by molar-refractivity contribution is 5.85. The van der Waals surface area contributed by atoms with E-state index < -0.39 is 5.97 Å². The van der Waals surface area contributed by atoms with Gasteiger partial charge in [-0.2, -0.15) is 5.26 Å². The van der Waals surface area contributed by atoms with Crippen LogP contribution >= 0.6 is 12.4 Å². The Labute approximate surface area is 119 Å². The number of benzene rings is 1. The Kier molecular flexibility index (Phi) is 5.81. The molecule has 0 atom stereocenters. The van der Waals surface area contributed by atoms with E-state index in [1.807, 2.05) is 24.3 Å². The molecular weight excluding hydrogens is 264 g/mol. The molecule has 102 valence electrons. The van der Waals surface area contributed by atoms with Crippen molar-refractivity contribution in [1.82, 2.24) is 4.90 Å². The number of halogens is 1. The van der Waals surface area contributed by atoms with Gasteiger partial charge in [-0.05, 0) is 43.6 Å². The number of rotatable bonds is 3. The highest BCUT2D eigenvalue weighted by Crippen LogP contribution is 2.19. The van der Waals surface area contributed by atoms with Gasteiger partial charge in [0.05, 0.1) is 17.6 Å². The minimum atomic E-state index is -0.673. The number of hydrogen-bond donors (Lipinski definition) is 1. The Balaban J connectivity index is 0.00000180. The fraction of sp³-hybridized carbons (Fsp3) is 0.429. The normalized spacial score (nSPS) is 16.4. The van der Waals surface area contributed by atoms with Gasteiger partial charge in [-0.15, -0.1) is 12.4 Å². The standard InChI is InChI=1S/C14H16N2O2.ClH/c15-9-11-1-3-12(4-2-11)10-16-7-5-13(6-8-16)14(17)18;/h1-4,13H,5-8,10H2,(H,17,18);1H. The second-order valence-corrected chi connectivity index (χ2v) is 4.70. The van der Waals surface area contributed by atoms with E-state index in [1.165, 1.54) is 5.56 Å². The molecule has 4 nitrogen and oxygen atoms in total. The molecule has 1 saturated heterocycles. The van der Waals surface area contributed by atoms with Crippen LogP contribution in [0.1, 0.15) is 24.0 Å². The average Bonchev–Trinajstić information content (AvgIpc) is 2.40. The van der Waals surface area contributed by atoms with Crippen LogP contribution in [0, 0.1) is 17.2 Å². The molecule has 0 bridgehead atoms. The number of aliphatic carboxylic acids is 1. The van der Waals surface area contributed by atoms with Crippen LogP contribution in [-0.2, 0) is 11.3 Å². The van der Waals surface area contributed by atoms with Crippen LogP contribution in [0.4, 0.5) is 0 Å². The van der Waals surface area contributed by atoms with Crippen molar-refractivity contribution >= 4 is 18.4 Å². The Morgan fingerprint density at radius 2 is 1.89 bits per heavy atom. The zero-order chi connectivity index (χ0) is 13.0. The Hall–Kier alpha value is -1.57. The van der Waals surface area contributed by atoms with Crippen molar-refractivity contribution in [3.63, 3.8) is 0 Å². The van der Waals surface area contributed by atoms with Crippen LogP contribution in [0.3, 0.4) is 0 Å². The Morgan fingerprint density at radius 3 is 2.37 bits per heavy atom. The van der Waals surface area contributed by atoms with Crippen molar-refractivity contribution in [1.29, 1.82) is 5.26 Å². The first-order chi connectivity index (χ1) is 8.69. The van der Waals surface area contributed by atoms with Crippen LogP contribution in [0.15, 0.2) is 24.3 Å². The molecule has 0 radical (unpaired) electrons. The molecule has 1 fully saturated rings. The SMILES string of the molecule is Cl.N#Cc1ccc(CN2CCC(C(=O)O)CC2)cc1. The van der Waals surface area contributed by atoms with Gasteiger partial charge < -0.3 is 5.11 Å². The van der Waals surface area contributed by atoms with Crippen molar-refractivity contribution < 1.29 is 9.90 Å². The first-order valence-corrected chi connectivity index (χ1v) is 6.13. The van der Waals surface area contributed by atoms with E-state index in [4.69, 9.17) is 10.4 Å². The van der Waals surface area contributed by atoms with Crippen LogP contribution in [0.5, 0.6) is 0 Å². The monoisotopic (exact) mass is 280 g/mol. The zero-order valence-corrected chi connectivity index (χ0v) is 11.4. The lowest BCUT2D eigenvalue weighted by Crippen LogP contribution is -2.35. The lowest BCUT2D eigenvalue weighted by Gasteiger charge is -2.29. The number of nitriles is 1. The molecular formula is C14H17ClN2O2. The third-order valence-corrected chi connectivity index (χ3v) is 3.43. The largest absolute Gasteiger partial charge is 0.481 e. The van der Waals surface area contributed by atoms with E-state index in [-0.39, 0.29) is 18.3 Å². The maximum absolute atomic E-state index is 10.8. The molecule has 2 rings (SSSR count). The van der Waals surface area contributed by atoms with Gasteiger partial charge in [0.15, 0.2) is 0 Å². The number of carbonyl (C=O) groups is 1. The highest BCUT2D eigenvalue weighted by Gasteiger charge is 2.24. The van der Waals surface area contributed by atoms with E-state index in [2.05, 4.69) is 11.0 Å². The number of hydrogen-bond acceptors (Lipinski definition) is 3. The minimum absolute atomic E-state index is 0. The van der Waals surface area contributed by atoms with Crippen LogP contribution < -0.4 is 0 Å². The smallest absolute Gasteiger partial charge is 0.306 e. The topological polar surface area (TPSA) is 64.3 Å². The predicted octanol–water partition coefficient (Wildman–Crippen LogP) is 2.28. The molecule has 1 heterocycles. The summed E-state index contributed by atoms with van der Waals surface area (Å²) in [7, 11) is 0. The van der Waals surface area contributed by atoms with E-state index in [1.54, 1.807) is 0 Å². The molecule has 1 aromatic rings. The predicted molar refractivity (Wildman–Crippen MR) is 74.0 cm³/mol. The van der Waals surface area contributed by atoms with E-state index >= 15 is 0 Å². The number of carboxylic acid groups (broad SMARTS) is 1. The minimum Gasteiger partial charge on any atom is -0.481 e. The van der Waals surface area contributed by atoms with Crippen molar-refractivity contribution in [2.45, 2.75) is 19.4 Å². The Bertz CT molecular complexity index is 459. The summed E-state index contributed by atoms with van der Waals surface area (Å²) < 4.78 is 0. The van der Waals surface area contributed by atoms with Gasteiger partial charge in [0.25, 0.3) is 0 Å². The molecule has 0 amide bonds. The molecule has 1 aliphatic rings. The average molecular weight is 281 g/mol. The number of likely N-dealkylation sites (tertiary alicyclic amines) is 1. The van der Waals surface area contributed by atoms with Crippen molar-refractivity contribution in [2.24, 2.45) is 5.92 Å². The number of piperidine rings is 1. The summed E-state index contributed by atoms with van der Waals surface area (Å²) in [6.45, 7) is 2.49. The molecule has 19 heavy (non-hydrogen) atoms. The lowest BCUT2D eigenvalue weighted by atomic mass is 9.97. The maximum atomic E-state index is 10.8. The van der Waals surface area contributed by atoms with Crippen molar-refractivity contribution in [2.75, 3.05) is 13.1 Å². The molecule has 0 spiro atoms. The van der Waals surface area contributed by atoms with Gasteiger partial charge in [0.2, 0.25) is 0 Å². The summed E-state index contributed by atoms with van der Waals surface area (Å²) in [4.78, 5) is 13.1. The molecule has 1 N–H and O–H groups in total. The van der Waals surface area contributed by atoms with Gasteiger partial charge >= 0.3 is 5.97 Å². The fourth-order valence-electron chi connectivity index (χ4n) is 2.28. The summed E-state index contributed by atoms with van der Waals surface area (Å²) in [5, 5.41) is 17.6. The molecule has 0 saturated carbocycles. The first-order valence-electron chi connectivity index (χ1n) is 6.13. The first kappa shape index (κ1) is 15.5. The van der Waals surface area contributed by atoms with Crippen molar-refractivity contribution in [3.8, 4) is 6.07 Å². The van der Waals surface area contributed by atoms with E-state index in [0.29, 0.717) is 5.56 Å². The lowest BCUT2D eigenvalue weighted by molar-refractivity contribution is -0.143. The van der Waals surface area contributed by atoms with Gasteiger partial charge in [-0.1, -0.05) is 12.1 Å². The van der Waals surface area contributed by atoms with Crippen LogP contribution in [0.2, 0.25) is 0 Å². The third kappa shape index (κ3) is 4.23. The summed E-state index contributed by atoms with van der Waals surface area (Å²) in [6.07, 6.45) is 1.46. The molecule has 0 aromatic heterocycles. The molecule has 1 aliphatic heterocycles. The quantitative estimate of drug-likeness (QED) is 0.922. The van der Waals surface area contributed by atoms with Gasteiger partial charge in [0, 0.05) is 6.54 Å². The molecule has 0 aliphatic carbocycles. The highest BCUT2D eigenvalue weighted by atomic mass is 35.5. The van der Waals surface area contributed by atoms with Crippen LogP contribution in [0.25, 0.3) is 0 Å². The third-order valence-electron chi connectivity index (χ3n) is 3.43. The van der Waals surface area contributed by atoms with Gasteiger partial charge in [-0.3, -0.25) is 9.69 Å². The van der Waals surface area contributed by atoms with Crippen molar-refractivity contribution in [3.05, 3.63) is 35.4 Å². The Morgan fingerprint density at radius 1 is 1.32 bits per heavy atom. The van der Waals surface area contributed by atoms with Crippen LogP contribution in [-0.4, -0.2) is 29.1 Å². The maximum Gasteiger partial charge on any atom is 0.306 e. The van der Waals surface area contributed by atoms with E-state index in [0.717, 1.165) is 32.5 Å². The molecule has 5 heteroatoms. The second kappa shape index (κ2) is 7.13. The summed E-state index contributed by atoms with van der Waals surface area (Å²) in [6, 6.07) is 9.66. The summed E-state index contributed by atoms with van der Waals surface area (Å²) in [5.41, 5.74) is 1.84. The van der Waals surface area contributed by atoms with Gasteiger partial charge in [0.1, 0.15) is 0 Å². The number of nitrogens with zero attached hydrogens (tertiary/aromatic N) is 2. The fourth-order valence-corrected chi connectivity index (χ4v) is 2.28.